The number of anilines is 1. The van der Waals surface area contributed by atoms with E-state index in [0.717, 1.165) is 22.1 Å². The highest BCUT2D eigenvalue weighted by molar-refractivity contribution is 7.14. The van der Waals surface area contributed by atoms with Crippen molar-refractivity contribution >= 4 is 33.0 Å². The molecule has 4 heteroatoms. The minimum atomic E-state index is 0.814. The van der Waals surface area contributed by atoms with Gasteiger partial charge in [-0.25, -0.2) is 4.98 Å². The third kappa shape index (κ3) is 2.70. The average molecular weight is 281 g/mol. The van der Waals surface area contributed by atoms with Crippen LogP contribution in [0.25, 0.3) is 22.0 Å². The third-order valence-corrected chi connectivity index (χ3v) is 3.67. The quantitative estimate of drug-likeness (QED) is 0.554. The molecule has 3 nitrogen and oxygen atoms in total. The lowest BCUT2D eigenvalue weighted by molar-refractivity contribution is 1.27. The summed E-state index contributed by atoms with van der Waals surface area (Å²) < 4.78 is 0. The van der Waals surface area contributed by atoms with Crippen LogP contribution in [-0.4, -0.2) is 10.7 Å². The number of benzene rings is 2. The second-order valence-corrected chi connectivity index (χ2v) is 5.63. The number of nitrogens with zero attached hydrogens (tertiary/aromatic N) is 2. The molecule has 0 unspecified atom stereocenters. The van der Waals surface area contributed by atoms with Gasteiger partial charge < -0.3 is 0 Å². The Kier molecular flexibility index (Phi) is 3.48. The molecule has 0 aliphatic carbocycles. The fraction of sp³-hybridized carbons (Fsp3) is 0.125. The van der Waals surface area contributed by atoms with E-state index in [0.29, 0.717) is 0 Å². The van der Waals surface area contributed by atoms with E-state index in [2.05, 4.69) is 58.0 Å². The summed E-state index contributed by atoms with van der Waals surface area (Å²) >= 11 is 1.56. The van der Waals surface area contributed by atoms with E-state index in [1.807, 2.05) is 19.2 Å². The Balaban J connectivity index is 1.92. The molecule has 1 heterocycles. The van der Waals surface area contributed by atoms with E-state index in [1.165, 1.54) is 10.8 Å². The second-order valence-electron chi connectivity index (χ2n) is 4.77. The van der Waals surface area contributed by atoms with Crippen LogP contribution in [0.2, 0.25) is 0 Å². The van der Waals surface area contributed by atoms with E-state index >= 15 is 0 Å². The molecule has 0 radical (unpaired) electrons. The number of thiazole rings is 1. The molecular weight excluding hydrogens is 266 g/mol. The van der Waals surface area contributed by atoms with Gasteiger partial charge in [0.2, 0.25) is 5.13 Å². The molecule has 20 heavy (non-hydrogen) atoms. The van der Waals surface area contributed by atoms with Crippen LogP contribution in [0.1, 0.15) is 13.8 Å². The topological polar surface area (TPSA) is 37.3 Å². The standard InChI is InChI=1S/C16H15N3S/c1-11(2)18-19-16-17-15(10-20-16)14-8-7-12-5-3-4-6-13(12)9-14/h3-10H,1-2H3,(H,17,19). The summed E-state index contributed by atoms with van der Waals surface area (Å²) in [5, 5.41) is 9.51. The fourth-order valence-corrected chi connectivity index (χ4v) is 2.63. The summed E-state index contributed by atoms with van der Waals surface area (Å²) in [4.78, 5) is 4.56. The number of aromatic nitrogens is 1. The number of fused-ring (bicyclic) bond motifs is 1. The maximum Gasteiger partial charge on any atom is 0.203 e. The van der Waals surface area contributed by atoms with E-state index in [4.69, 9.17) is 0 Å². The molecule has 0 saturated carbocycles. The minimum Gasteiger partial charge on any atom is -0.253 e. The van der Waals surface area contributed by atoms with Crippen molar-refractivity contribution in [2.24, 2.45) is 5.10 Å². The minimum absolute atomic E-state index is 0.814. The van der Waals surface area contributed by atoms with Crippen LogP contribution in [0.3, 0.4) is 0 Å². The molecule has 0 fully saturated rings. The summed E-state index contributed by atoms with van der Waals surface area (Å²) in [7, 11) is 0. The molecular formula is C16H15N3S. The number of hydrogen-bond donors (Lipinski definition) is 1. The largest absolute Gasteiger partial charge is 0.253 e. The number of rotatable bonds is 3. The maximum absolute atomic E-state index is 4.56. The molecule has 1 N–H and O–H groups in total. The predicted octanol–water partition coefficient (Wildman–Crippen LogP) is 4.77. The van der Waals surface area contributed by atoms with E-state index < -0.39 is 0 Å². The van der Waals surface area contributed by atoms with Crippen molar-refractivity contribution in [3.63, 3.8) is 0 Å². The fourth-order valence-electron chi connectivity index (χ4n) is 1.97. The highest BCUT2D eigenvalue weighted by Crippen LogP contribution is 2.27. The molecule has 0 saturated heterocycles. The smallest absolute Gasteiger partial charge is 0.203 e. The van der Waals surface area contributed by atoms with Gasteiger partial charge in [-0.15, -0.1) is 11.3 Å². The van der Waals surface area contributed by atoms with Crippen LogP contribution in [-0.2, 0) is 0 Å². The summed E-state index contributed by atoms with van der Waals surface area (Å²) in [6.45, 7) is 3.90. The van der Waals surface area contributed by atoms with Crippen LogP contribution in [0.5, 0.6) is 0 Å². The first-order valence-electron chi connectivity index (χ1n) is 6.44. The average Bonchev–Trinajstić information content (AvgIpc) is 2.93. The molecule has 100 valence electrons. The summed E-state index contributed by atoms with van der Waals surface area (Å²) in [5.74, 6) is 0. The lowest BCUT2D eigenvalue weighted by Gasteiger charge is -2.00. The van der Waals surface area contributed by atoms with E-state index in [1.54, 1.807) is 11.3 Å². The molecule has 0 aliphatic rings. The SMILES string of the molecule is CC(C)=NNc1nc(-c2ccc3ccccc3c2)cs1. The van der Waals surface area contributed by atoms with Crippen molar-refractivity contribution in [3.8, 4) is 11.3 Å². The van der Waals surface area contributed by atoms with Crippen molar-refractivity contribution in [2.75, 3.05) is 5.43 Å². The van der Waals surface area contributed by atoms with Crippen LogP contribution >= 0.6 is 11.3 Å². The van der Waals surface area contributed by atoms with Crippen LogP contribution < -0.4 is 5.43 Å². The zero-order valence-corrected chi connectivity index (χ0v) is 12.2. The van der Waals surface area contributed by atoms with Gasteiger partial charge in [0.25, 0.3) is 0 Å². The van der Waals surface area contributed by atoms with Gasteiger partial charge in [-0.05, 0) is 30.7 Å². The number of nitrogens with one attached hydrogen (secondary N) is 1. The Labute approximate surface area is 122 Å². The zero-order chi connectivity index (χ0) is 13.9. The number of hydrogen-bond acceptors (Lipinski definition) is 4. The monoisotopic (exact) mass is 281 g/mol. The molecule has 0 amide bonds. The lowest BCUT2D eigenvalue weighted by Crippen LogP contribution is -1.92. The molecule has 0 aliphatic heterocycles. The van der Waals surface area contributed by atoms with Crippen molar-refractivity contribution in [1.29, 1.82) is 0 Å². The van der Waals surface area contributed by atoms with Gasteiger partial charge in [0.15, 0.2) is 0 Å². The molecule has 0 spiro atoms. The van der Waals surface area contributed by atoms with Crippen molar-refractivity contribution in [1.82, 2.24) is 4.98 Å². The maximum atomic E-state index is 4.56. The predicted molar refractivity (Wildman–Crippen MR) is 87.5 cm³/mol. The Hall–Kier alpha value is -2.20. The van der Waals surface area contributed by atoms with Gasteiger partial charge in [0.1, 0.15) is 0 Å². The van der Waals surface area contributed by atoms with Gasteiger partial charge in [0, 0.05) is 16.7 Å². The number of hydrazone groups is 1. The molecule has 3 rings (SSSR count). The molecule has 0 bridgehead atoms. The van der Waals surface area contributed by atoms with Gasteiger partial charge >= 0.3 is 0 Å². The molecule has 1 aromatic heterocycles. The molecule has 0 atom stereocenters. The Morgan fingerprint density at radius 1 is 1.10 bits per heavy atom. The Bertz CT molecular complexity index is 770. The zero-order valence-electron chi connectivity index (χ0n) is 11.4. The van der Waals surface area contributed by atoms with E-state index in [-0.39, 0.29) is 0 Å². The first-order chi connectivity index (χ1) is 9.72. The van der Waals surface area contributed by atoms with Gasteiger partial charge in [-0.1, -0.05) is 36.4 Å². The highest BCUT2D eigenvalue weighted by atomic mass is 32.1. The molecule has 2 aromatic carbocycles. The van der Waals surface area contributed by atoms with Crippen molar-refractivity contribution in [2.45, 2.75) is 13.8 Å². The Morgan fingerprint density at radius 2 is 1.90 bits per heavy atom. The van der Waals surface area contributed by atoms with Crippen molar-refractivity contribution < 1.29 is 0 Å². The van der Waals surface area contributed by atoms with Crippen LogP contribution in [0.4, 0.5) is 5.13 Å². The lowest BCUT2D eigenvalue weighted by atomic mass is 10.1. The third-order valence-electron chi connectivity index (χ3n) is 2.92. The summed E-state index contributed by atoms with van der Waals surface area (Å²) in [5.41, 5.74) is 6.05. The summed E-state index contributed by atoms with van der Waals surface area (Å²) in [6, 6.07) is 14.8. The second kappa shape index (κ2) is 5.43. The van der Waals surface area contributed by atoms with Crippen molar-refractivity contribution in [3.05, 3.63) is 47.8 Å². The molecule has 3 aromatic rings. The van der Waals surface area contributed by atoms with Crippen LogP contribution in [0, 0.1) is 0 Å². The van der Waals surface area contributed by atoms with Gasteiger partial charge in [-0.2, -0.15) is 5.10 Å². The van der Waals surface area contributed by atoms with Crippen LogP contribution in [0.15, 0.2) is 52.9 Å². The highest BCUT2D eigenvalue weighted by Gasteiger charge is 2.04. The first-order valence-corrected chi connectivity index (χ1v) is 7.32. The normalized spacial score (nSPS) is 10.5. The van der Waals surface area contributed by atoms with Gasteiger partial charge in [0.05, 0.1) is 5.69 Å². The first kappa shape index (κ1) is 12.8. The Morgan fingerprint density at radius 3 is 2.70 bits per heavy atom. The summed E-state index contributed by atoms with van der Waals surface area (Å²) in [6.07, 6.45) is 0. The van der Waals surface area contributed by atoms with E-state index in [9.17, 15) is 0 Å². The van der Waals surface area contributed by atoms with Gasteiger partial charge in [-0.3, -0.25) is 5.43 Å².